The number of carbonyl (C=O) groups is 6. The summed E-state index contributed by atoms with van der Waals surface area (Å²) in [5.41, 5.74) is 16.3. The highest BCUT2D eigenvalue weighted by Gasteiger charge is 2.14. The van der Waals surface area contributed by atoms with Crippen molar-refractivity contribution in [3.05, 3.63) is 0 Å². The van der Waals surface area contributed by atoms with Crippen molar-refractivity contribution in [2.75, 3.05) is 124 Å². The van der Waals surface area contributed by atoms with Gasteiger partial charge >= 0.3 is 0 Å². The van der Waals surface area contributed by atoms with Gasteiger partial charge in [0.25, 0.3) is 0 Å². The predicted octanol–water partition coefficient (Wildman–Crippen LogP) is -4.00. The molecule has 0 radical (unpaired) electrons. The third-order valence-corrected chi connectivity index (χ3v) is 7.45. The molecule has 0 aromatic heterocycles. The van der Waals surface area contributed by atoms with Crippen LogP contribution < -0.4 is 49.1 Å². The van der Waals surface area contributed by atoms with Crippen LogP contribution in [-0.4, -0.2) is 175 Å². The van der Waals surface area contributed by atoms with Crippen LogP contribution in [-0.2, 0) is 28.8 Å². The Morgan fingerprint density at radius 2 is 0.784 bits per heavy atom. The van der Waals surface area contributed by atoms with Gasteiger partial charge in [0.15, 0.2) is 0 Å². The first kappa shape index (κ1) is 50.0. The highest BCUT2D eigenvalue weighted by Crippen LogP contribution is 1.99. The van der Waals surface area contributed by atoms with Crippen molar-refractivity contribution in [3.8, 4) is 0 Å². The maximum absolute atomic E-state index is 12.6. The first-order valence-corrected chi connectivity index (χ1v) is 18.6. The molecule has 0 saturated heterocycles. The fourth-order valence-corrected chi connectivity index (χ4v) is 4.83. The number of rotatable bonds is 32. The maximum Gasteiger partial charge on any atom is 0.221 e. The van der Waals surface area contributed by atoms with E-state index in [1.165, 1.54) is 0 Å². The molecule has 298 valence electrons. The number of hydrogen-bond acceptors (Lipinski definition) is 13. The van der Waals surface area contributed by atoms with E-state index >= 15 is 0 Å². The van der Waals surface area contributed by atoms with Crippen LogP contribution in [0.5, 0.6) is 0 Å². The minimum Gasteiger partial charge on any atom is -0.362 e. The molecule has 0 bridgehead atoms. The molecule has 0 aromatic rings. The molecule has 0 spiro atoms. The summed E-state index contributed by atoms with van der Waals surface area (Å²) < 4.78 is 0. The van der Waals surface area contributed by atoms with Crippen molar-refractivity contribution in [1.82, 2.24) is 46.6 Å². The van der Waals surface area contributed by atoms with Crippen LogP contribution in [0, 0.1) is 0 Å². The van der Waals surface area contributed by atoms with Gasteiger partial charge in [-0.25, -0.2) is 0 Å². The Bertz CT molecular complexity index is 913. The predicted molar refractivity (Wildman–Crippen MR) is 204 cm³/mol. The van der Waals surface area contributed by atoms with Gasteiger partial charge in [-0.3, -0.25) is 28.8 Å². The van der Waals surface area contributed by atoms with E-state index in [0.29, 0.717) is 130 Å². The second kappa shape index (κ2) is 36.7. The zero-order valence-electron chi connectivity index (χ0n) is 31.0. The highest BCUT2D eigenvalue weighted by atomic mass is 32.1. The molecule has 0 saturated carbocycles. The van der Waals surface area contributed by atoms with E-state index in [2.05, 4.69) is 56.4 Å². The Labute approximate surface area is 310 Å². The summed E-state index contributed by atoms with van der Waals surface area (Å²) in [6.07, 6.45) is 3.05. The molecule has 0 aliphatic heterocycles. The van der Waals surface area contributed by atoms with Crippen molar-refractivity contribution in [1.29, 1.82) is 0 Å². The molecule has 0 aliphatic rings. The SMILES string of the molecule is CCCN(CCNC(=O)CCN(CCS)CCC(=O)NCCN(CCC(=O)NCCN)CCC(=O)NCCN)CCC(=O)NCCN.CNC=O. The molecule has 51 heavy (non-hydrogen) atoms. The van der Waals surface area contributed by atoms with Crippen molar-refractivity contribution >= 4 is 48.6 Å². The summed E-state index contributed by atoms with van der Waals surface area (Å²) in [6, 6.07) is 0. The second-order valence-corrected chi connectivity index (χ2v) is 12.0. The van der Waals surface area contributed by atoms with E-state index in [0.717, 1.165) is 13.0 Å². The lowest BCUT2D eigenvalue weighted by atomic mass is 10.3. The Morgan fingerprint density at radius 1 is 0.510 bits per heavy atom. The zero-order chi connectivity index (χ0) is 38.5. The summed E-state index contributed by atoms with van der Waals surface area (Å²) in [5.74, 6) is 0.154. The standard InChI is InChI=1S/C30H63N11O5S.C2H5NO/c1-2-16-39(17-3-26(42)34-11-8-31)22-14-37-29(45)6-20-41(24-25-47)21-7-30(46)38-15-23-40(18-4-27(43)35-12-9-32)19-5-28(44)36-13-10-33;1-3-2-4/h47H,2-25,31-33H2,1H3,(H,34,42)(H,35,43)(H,36,44)(H,37,45)(H,38,46);2H,1H3,(H,3,4). The first-order valence-electron chi connectivity index (χ1n) is 17.9. The van der Waals surface area contributed by atoms with E-state index in [4.69, 9.17) is 22.0 Å². The van der Waals surface area contributed by atoms with Gasteiger partial charge in [-0.2, -0.15) is 12.6 Å². The van der Waals surface area contributed by atoms with Crippen LogP contribution >= 0.6 is 12.6 Å². The van der Waals surface area contributed by atoms with Crippen molar-refractivity contribution < 1.29 is 28.8 Å². The van der Waals surface area contributed by atoms with Gasteiger partial charge in [0.05, 0.1) is 0 Å². The molecule has 18 nitrogen and oxygen atoms in total. The molecular weight excluding hydrogens is 680 g/mol. The van der Waals surface area contributed by atoms with Crippen LogP contribution in [0.4, 0.5) is 0 Å². The van der Waals surface area contributed by atoms with Gasteiger partial charge in [0.2, 0.25) is 35.9 Å². The summed E-state index contributed by atoms with van der Waals surface area (Å²) in [5, 5.41) is 16.4. The average Bonchev–Trinajstić information content (AvgIpc) is 3.13. The summed E-state index contributed by atoms with van der Waals surface area (Å²) >= 11 is 4.33. The Morgan fingerprint density at radius 3 is 1.04 bits per heavy atom. The van der Waals surface area contributed by atoms with Crippen LogP contribution in [0.1, 0.15) is 45.4 Å². The normalized spacial score (nSPS) is 10.7. The van der Waals surface area contributed by atoms with Crippen molar-refractivity contribution in [2.24, 2.45) is 17.2 Å². The van der Waals surface area contributed by atoms with Crippen molar-refractivity contribution in [2.45, 2.75) is 45.4 Å². The Balaban J connectivity index is 0. The van der Waals surface area contributed by atoms with E-state index in [1.54, 1.807) is 7.05 Å². The van der Waals surface area contributed by atoms with E-state index in [-0.39, 0.29) is 48.8 Å². The molecular formula is C32H68N12O6S. The number of nitrogens with one attached hydrogen (secondary N) is 6. The van der Waals surface area contributed by atoms with Crippen LogP contribution in [0.15, 0.2) is 0 Å². The third-order valence-electron chi connectivity index (χ3n) is 7.25. The fourth-order valence-electron chi connectivity index (χ4n) is 4.55. The molecule has 0 atom stereocenters. The average molecular weight is 749 g/mol. The minimum absolute atomic E-state index is 0.0270. The summed E-state index contributed by atoms with van der Waals surface area (Å²) in [7, 11) is 1.56. The number of nitrogens with two attached hydrogens (primary N) is 3. The lowest BCUT2D eigenvalue weighted by molar-refractivity contribution is -0.123. The molecule has 12 N–H and O–H groups in total. The largest absolute Gasteiger partial charge is 0.362 e. The number of nitrogens with zero attached hydrogens (tertiary/aromatic N) is 3. The molecule has 19 heteroatoms. The topological polar surface area (TPSA) is 262 Å². The molecule has 0 heterocycles. The maximum atomic E-state index is 12.6. The van der Waals surface area contributed by atoms with Gasteiger partial charge in [-0.05, 0) is 13.0 Å². The lowest BCUT2D eigenvalue weighted by Gasteiger charge is -2.23. The van der Waals surface area contributed by atoms with E-state index in [9.17, 15) is 24.0 Å². The summed E-state index contributed by atoms with van der Waals surface area (Å²) in [4.78, 5) is 76.3. The molecule has 0 fully saturated rings. The lowest BCUT2D eigenvalue weighted by Crippen LogP contribution is -2.41. The fraction of sp³-hybridized carbons (Fsp3) is 0.812. The molecule has 0 aromatic carbocycles. The minimum atomic E-state index is -0.118. The number of carbonyl (C=O) groups excluding carboxylic acids is 6. The van der Waals surface area contributed by atoms with Gasteiger partial charge in [0.1, 0.15) is 0 Å². The molecule has 0 rings (SSSR count). The first-order chi connectivity index (χ1) is 24.6. The van der Waals surface area contributed by atoms with Gasteiger partial charge in [0, 0.05) is 150 Å². The van der Waals surface area contributed by atoms with Crippen molar-refractivity contribution in [3.63, 3.8) is 0 Å². The second-order valence-electron chi connectivity index (χ2n) is 11.5. The van der Waals surface area contributed by atoms with Gasteiger partial charge in [-0.15, -0.1) is 0 Å². The third kappa shape index (κ3) is 33.8. The molecule has 0 unspecified atom stereocenters. The van der Waals surface area contributed by atoms with Crippen LogP contribution in [0.2, 0.25) is 0 Å². The van der Waals surface area contributed by atoms with Gasteiger partial charge in [-0.1, -0.05) is 6.92 Å². The highest BCUT2D eigenvalue weighted by molar-refractivity contribution is 7.80. The summed E-state index contributed by atoms with van der Waals surface area (Å²) in [6.45, 7) is 10.5. The van der Waals surface area contributed by atoms with Crippen LogP contribution in [0.3, 0.4) is 0 Å². The smallest absolute Gasteiger partial charge is 0.221 e. The Kier molecular flexibility index (Phi) is 36.0. The Hall–Kier alpha value is -3.07. The molecule has 6 amide bonds. The van der Waals surface area contributed by atoms with E-state index in [1.807, 2.05) is 9.80 Å². The molecule has 0 aliphatic carbocycles. The quantitative estimate of drug-likeness (QED) is 0.0233. The number of thiol groups is 1. The van der Waals surface area contributed by atoms with Crippen LogP contribution in [0.25, 0.3) is 0 Å². The number of hydrogen-bond donors (Lipinski definition) is 10. The van der Waals surface area contributed by atoms with E-state index < -0.39 is 0 Å². The zero-order valence-corrected chi connectivity index (χ0v) is 31.9. The van der Waals surface area contributed by atoms with Gasteiger partial charge < -0.3 is 63.8 Å². The number of amides is 6. The monoisotopic (exact) mass is 749 g/mol.